The van der Waals surface area contributed by atoms with E-state index in [1.54, 1.807) is 0 Å². The Kier molecular flexibility index (Phi) is 3.53. The van der Waals surface area contributed by atoms with Gasteiger partial charge in [0.25, 0.3) is 0 Å². The molecule has 0 aliphatic carbocycles. The highest BCUT2D eigenvalue weighted by Gasteiger charge is 2.09. The molecule has 80 valence electrons. The first-order valence-electron chi connectivity index (χ1n) is 3.66. The van der Waals surface area contributed by atoms with Crippen LogP contribution >= 0.6 is 0 Å². The summed E-state index contributed by atoms with van der Waals surface area (Å²) in [6.07, 6.45) is 0. The Balaban J connectivity index is 2.84. The van der Waals surface area contributed by atoms with E-state index in [0.29, 0.717) is 0 Å². The minimum Gasteiger partial charge on any atom is -0.740 e. The normalized spacial score (nSPS) is 11.8. The van der Waals surface area contributed by atoms with Gasteiger partial charge in [-0.3, -0.25) is 0 Å². The Morgan fingerprint density at radius 2 is 1.67 bits per heavy atom. The molecule has 0 fully saturated rings. The van der Waals surface area contributed by atoms with Crippen molar-refractivity contribution in [1.82, 2.24) is 0 Å². The number of rotatable bonds is 3. The smallest absolute Gasteiger partial charge is 0.351 e. The van der Waals surface area contributed by atoms with Crippen molar-refractivity contribution in [2.24, 2.45) is 0 Å². The van der Waals surface area contributed by atoms with Crippen LogP contribution in [0.25, 0.3) is 0 Å². The molecule has 1 aromatic rings. The number of hydrogen-bond acceptors (Lipinski definition) is 5. The predicted octanol–water partition coefficient (Wildman–Crippen LogP) is 0.336. The molecule has 0 bridgehead atoms. The molecule has 15 heavy (non-hydrogen) atoms. The van der Waals surface area contributed by atoms with Gasteiger partial charge in [0, 0.05) is 0 Å². The number of aromatic carboxylic acids is 1. The van der Waals surface area contributed by atoms with Gasteiger partial charge in [-0.1, -0.05) is 0 Å². The molecule has 0 aliphatic rings. The van der Waals surface area contributed by atoms with E-state index in [4.69, 9.17) is 5.11 Å². The molecule has 1 rings (SSSR count). The molecule has 0 radical (unpaired) electrons. The predicted molar refractivity (Wildman–Crippen MR) is 47.7 cm³/mol. The molecular formula is C8H5O6S-. The van der Waals surface area contributed by atoms with Gasteiger partial charge in [0.1, 0.15) is 11.4 Å². The Morgan fingerprint density at radius 1 is 1.20 bits per heavy atom. The van der Waals surface area contributed by atoms with Gasteiger partial charge < -0.3 is 13.8 Å². The average Bonchev–Trinajstić information content (AvgIpc) is 2.17. The van der Waals surface area contributed by atoms with E-state index < -0.39 is 23.3 Å². The highest BCUT2D eigenvalue weighted by Crippen LogP contribution is 2.06. The van der Waals surface area contributed by atoms with Gasteiger partial charge >= 0.3 is 11.9 Å². The third-order valence-electron chi connectivity index (χ3n) is 1.51. The number of carbonyl (C=O) groups is 2. The lowest BCUT2D eigenvalue weighted by Gasteiger charge is -2.05. The van der Waals surface area contributed by atoms with Gasteiger partial charge in [-0.2, -0.15) is 0 Å². The third-order valence-corrected chi connectivity index (χ3v) is 1.80. The van der Waals surface area contributed by atoms with E-state index in [0.717, 1.165) is 0 Å². The fraction of sp³-hybridized carbons (Fsp3) is 0. The molecular weight excluding hydrogens is 224 g/mol. The van der Waals surface area contributed by atoms with Crippen molar-refractivity contribution in [2.75, 3.05) is 0 Å². The molecule has 0 heterocycles. The summed E-state index contributed by atoms with van der Waals surface area (Å²) in [5.41, 5.74) is -0.0426. The highest BCUT2D eigenvalue weighted by atomic mass is 32.2. The first-order chi connectivity index (χ1) is 7.00. The summed E-state index contributed by atoms with van der Waals surface area (Å²) >= 11 is -2.93. The zero-order valence-electron chi connectivity index (χ0n) is 7.21. The minimum atomic E-state index is -2.93. The van der Waals surface area contributed by atoms with Crippen LogP contribution in [0.4, 0.5) is 0 Å². The Labute approximate surface area is 87.0 Å². The molecule has 0 spiro atoms. The molecule has 1 atom stereocenters. The first-order valence-corrected chi connectivity index (χ1v) is 4.66. The molecule has 0 aromatic heterocycles. The summed E-state index contributed by atoms with van der Waals surface area (Å²) in [6, 6.07) is 4.68. The van der Waals surface area contributed by atoms with Crippen molar-refractivity contribution in [1.29, 1.82) is 0 Å². The zero-order chi connectivity index (χ0) is 11.4. The summed E-state index contributed by atoms with van der Waals surface area (Å²) in [6.45, 7) is 0. The molecule has 1 N–H and O–H groups in total. The van der Waals surface area contributed by atoms with Crippen LogP contribution < -0.4 is 0 Å². The summed E-state index contributed by atoms with van der Waals surface area (Å²) in [5, 5.41) is 8.54. The van der Waals surface area contributed by atoms with Crippen LogP contribution in [0.15, 0.2) is 24.3 Å². The fourth-order valence-electron chi connectivity index (χ4n) is 0.859. The van der Waals surface area contributed by atoms with E-state index in [1.807, 2.05) is 0 Å². The van der Waals surface area contributed by atoms with Crippen LogP contribution in [0, 0.1) is 0 Å². The summed E-state index contributed by atoms with van der Waals surface area (Å²) in [4.78, 5) is 21.4. The molecule has 6 nitrogen and oxygen atoms in total. The van der Waals surface area contributed by atoms with Crippen LogP contribution in [0.5, 0.6) is 0 Å². The van der Waals surface area contributed by atoms with Crippen LogP contribution in [-0.4, -0.2) is 25.8 Å². The third kappa shape index (κ3) is 3.15. The molecule has 0 amide bonds. The fourth-order valence-corrected chi connectivity index (χ4v) is 1.08. The van der Waals surface area contributed by atoms with Gasteiger partial charge in [0.15, 0.2) is 0 Å². The summed E-state index contributed by atoms with van der Waals surface area (Å²) in [7, 11) is 0. The molecule has 1 unspecified atom stereocenters. The van der Waals surface area contributed by atoms with Crippen LogP contribution in [0.1, 0.15) is 20.7 Å². The standard InChI is InChI=1S/C8H6O6S/c9-7(10)5-1-3-6(4-2-5)8(11)14-15(12)13/h1-4H,(H,9,10)(H,12,13)/p-1. The van der Waals surface area contributed by atoms with Crippen molar-refractivity contribution in [3.05, 3.63) is 35.4 Å². The van der Waals surface area contributed by atoms with Crippen LogP contribution in [0.2, 0.25) is 0 Å². The second-order valence-electron chi connectivity index (χ2n) is 2.46. The number of carboxylic acids is 1. The van der Waals surface area contributed by atoms with Crippen LogP contribution in [-0.2, 0) is 15.5 Å². The second kappa shape index (κ2) is 4.67. The van der Waals surface area contributed by atoms with Gasteiger partial charge in [0.05, 0.1) is 11.1 Å². The van der Waals surface area contributed by atoms with Crippen molar-refractivity contribution in [2.45, 2.75) is 0 Å². The Bertz CT molecular complexity index is 410. The average molecular weight is 229 g/mol. The largest absolute Gasteiger partial charge is 0.740 e. The highest BCUT2D eigenvalue weighted by molar-refractivity contribution is 7.74. The molecule has 1 aromatic carbocycles. The maximum atomic E-state index is 11.0. The molecule has 0 aliphatic heterocycles. The minimum absolute atomic E-state index is 0.00482. The SMILES string of the molecule is O=C(O)c1ccc(C(=O)OS(=O)[O-])cc1. The second-order valence-corrected chi connectivity index (χ2v) is 3.03. The topological polar surface area (TPSA) is 104 Å². The summed E-state index contributed by atoms with van der Waals surface area (Å²) in [5.74, 6) is -2.19. The van der Waals surface area contributed by atoms with E-state index >= 15 is 0 Å². The quantitative estimate of drug-likeness (QED) is 0.749. The van der Waals surface area contributed by atoms with Gasteiger partial charge in [-0.05, 0) is 24.3 Å². The maximum Gasteiger partial charge on any atom is 0.351 e. The zero-order valence-corrected chi connectivity index (χ0v) is 8.02. The van der Waals surface area contributed by atoms with Gasteiger partial charge in [0.2, 0.25) is 0 Å². The number of carboxylic acid groups (broad SMARTS) is 1. The van der Waals surface area contributed by atoms with E-state index in [9.17, 15) is 18.4 Å². The van der Waals surface area contributed by atoms with Gasteiger partial charge in [-0.15, -0.1) is 0 Å². The van der Waals surface area contributed by atoms with E-state index in [2.05, 4.69) is 4.18 Å². The lowest BCUT2D eigenvalue weighted by atomic mass is 10.1. The first kappa shape index (κ1) is 11.3. The van der Waals surface area contributed by atoms with Crippen molar-refractivity contribution >= 4 is 23.3 Å². The molecule has 0 saturated carbocycles. The van der Waals surface area contributed by atoms with Crippen molar-refractivity contribution < 1.29 is 27.6 Å². The monoisotopic (exact) mass is 229 g/mol. The number of benzene rings is 1. The Hall–Kier alpha value is -1.73. The number of carbonyl (C=O) groups excluding carboxylic acids is 1. The lowest BCUT2D eigenvalue weighted by molar-refractivity contribution is 0.0691. The Morgan fingerprint density at radius 3 is 2.07 bits per heavy atom. The van der Waals surface area contributed by atoms with E-state index in [-0.39, 0.29) is 11.1 Å². The summed E-state index contributed by atoms with van der Waals surface area (Å²) < 4.78 is 23.9. The molecule has 0 saturated heterocycles. The lowest BCUT2D eigenvalue weighted by Crippen LogP contribution is -2.07. The maximum absolute atomic E-state index is 11.0. The van der Waals surface area contributed by atoms with Gasteiger partial charge in [-0.25, -0.2) is 13.8 Å². The molecule has 7 heteroatoms. The van der Waals surface area contributed by atoms with Crippen LogP contribution in [0.3, 0.4) is 0 Å². The van der Waals surface area contributed by atoms with Crippen molar-refractivity contribution in [3.8, 4) is 0 Å². The number of hydrogen-bond donors (Lipinski definition) is 1. The van der Waals surface area contributed by atoms with Crippen molar-refractivity contribution in [3.63, 3.8) is 0 Å². The van der Waals surface area contributed by atoms with E-state index in [1.165, 1.54) is 24.3 Å².